The summed E-state index contributed by atoms with van der Waals surface area (Å²) >= 11 is 0.916. The maximum atomic E-state index is 11.9. The van der Waals surface area contributed by atoms with Crippen LogP contribution in [0.25, 0.3) is 6.08 Å². The van der Waals surface area contributed by atoms with E-state index >= 15 is 0 Å². The number of amides is 2. The smallest absolute Gasteiger partial charge is 0.268 e. The maximum absolute atomic E-state index is 11.9. The van der Waals surface area contributed by atoms with Crippen molar-refractivity contribution in [2.45, 2.75) is 6.42 Å². The second kappa shape index (κ2) is 5.52. The van der Waals surface area contributed by atoms with Crippen LogP contribution in [-0.2, 0) is 4.79 Å². The quantitative estimate of drug-likeness (QED) is 0.782. The lowest BCUT2D eigenvalue weighted by Crippen LogP contribution is -2.28. The molecule has 0 spiro atoms. The zero-order valence-electron chi connectivity index (χ0n) is 9.50. The maximum Gasteiger partial charge on any atom is 0.293 e. The molecule has 1 aromatic carbocycles. The molecule has 0 bridgehead atoms. The van der Waals surface area contributed by atoms with E-state index in [1.165, 1.54) is 0 Å². The van der Waals surface area contributed by atoms with E-state index in [0.29, 0.717) is 4.91 Å². The van der Waals surface area contributed by atoms with Gasteiger partial charge < -0.3 is 0 Å². The first-order valence-electron chi connectivity index (χ1n) is 5.40. The summed E-state index contributed by atoms with van der Waals surface area (Å²) < 4.78 is 0. The molecule has 4 nitrogen and oxygen atoms in total. The molecule has 0 aliphatic carbocycles. The molecule has 0 radical (unpaired) electrons. The van der Waals surface area contributed by atoms with E-state index in [1.807, 2.05) is 36.4 Å². The van der Waals surface area contributed by atoms with Crippen molar-refractivity contribution in [2.24, 2.45) is 0 Å². The van der Waals surface area contributed by atoms with Crippen LogP contribution in [0.4, 0.5) is 4.79 Å². The normalized spacial score (nSPS) is 17.3. The average Bonchev–Trinajstić information content (AvgIpc) is 2.64. The van der Waals surface area contributed by atoms with Crippen LogP contribution in [-0.4, -0.2) is 22.6 Å². The molecule has 90 valence electrons. The van der Waals surface area contributed by atoms with E-state index in [4.69, 9.17) is 5.26 Å². The molecule has 1 fully saturated rings. The second-order valence-corrected chi connectivity index (χ2v) is 4.65. The zero-order valence-corrected chi connectivity index (χ0v) is 10.3. The lowest BCUT2D eigenvalue weighted by molar-refractivity contribution is -0.122. The summed E-state index contributed by atoms with van der Waals surface area (Å²) in [5.74, 6) is -0.316. The van der Waals surface area contributed by atoms with Crippen LogP contribution >= 0.6 is 11.8 Å². The first-order chi connectivity index (χ1) is 8.72. The highest BCUT2D eigenvalue weighted by Crippen LogP contribution is 2.32. The van der Waals surface area contributed by atoms with E-state index < -0.39 is 0 Å². The molecule has 5 heteroatoms. The van der Waals surface area contributed by atoms with Crippen LogP contribution < -0.4 is 0 Å². The first-order valence-corrected chi connectivity index (χ1v) is 6.21. The van der Waals surface area contributed by atoms with Crippen molar-refractivity contribution in [1.29, 1.82) is 5.26 Å². The van der Waals surface area contributed by atoms with Gasteiger partial charge in [-0.25, -0.2) is 0 Å². The monoisotopic (exact) mass is 258 g/mol. The minimum absolute atomic E-state index is 0.160. The van der Waals surface area contributed by atoms with Crippen molar-refractivity contribution in [1.82, 2.24) is 4.90 Å². The molecule has 2 amide bonds. The number of nitriles is 1. The fourth-order valence-electron chi connectivity index (χ4n) is 1.56. The Morgan fingerprint density at radius 1 is 1.28 bits per heavy atom. The van der Waals surface area contributed by atoms with Gasteiger partial charge in [0.05, 0.1) is 17.4 Å². The molecule has 1 heterocycles. The van der Waals surface area contributed by atoms with E-state index in [0.717, 1.165) is 22.2 Å². The van der Waals surface area contributed by atoms with Crippen LogP contribution in [0.1, 0.15) is 12.0 Å². The number of hydrogen-bond acceptors (Lipinski definition) is 4. The average molecular weight is 258 g/mol. The van der Waals surface area contributed by atoms with Crippen LogP contribution in [0.3, 0.4) is 0 Å². The van der Waals surface area contributed by atoms with Gasteiger partial charge in [0.1, 0.15) is 0 Å². The molecule has 1 saturated heterocycles. The van der Waals surface area contributed by atoms with Crippen molar-refractivity contribution in [2.75, 3.05) is 6.54 Å². The molecule has 2 rings (SSSR count). The van der Waals surface area contributed by atoms with Crippen LogP contribution in [0.2, 0.25) is 0 Å². The first kappa shape index (κ1) is 12.4. The third-order valence-corrected chi connectivity index (χ3v) is 3.33. The minimum Gasteiger partial charge on any atom is -0.268 e. The van der Waals surface area contributed by atoms with Crippen molar-refractivity contribution in [3.05, 3.63) is 40.8 Å². The summed E-state index contributed by atoms with van der Waals surface area (Å²) in [6.07, 6.45) is 1.86. The number of rotatable bonds is 3. The van der Waals surface area contributed by atoms with Crippen LogP contribution in [0.15, 0.2) is 35.2 Å². The fourth-order valence-corrected chi connectivity index (χ4v) is 2.42. The molecule has 1 aromatic rings. The number of nitrogens with zero attached hydrogens (tertiary/aromatic N) is 2. The number of benzene rings is 1. The molecule has 0 aromatic heterocycles. The van der Waals surface area contributed by atoms with Gasteiger partial charge in [-0.15, -0.1) is 0 Å². The van der Waals surface area contributed by atoms with E-state index in [2.05, 4.69) is 0 Å². The molecular weight excluding hydrogens is 248 g/mol. The molecular formula is C13H10N2O2S. The van der Waals surface area contributed by atoms with Crippen molar-refractivity contribution >= 4 is 29.0 Å². The number of carbonyl (C=O) groups is 2. The topological polar surface area (TPSA) is 61.2 Å². The molecule has 0 N–H and O–H groups in total. The Morgan fingerprint density at radius 2 is 2.00 bits per heavy atom. The predicted octanol–water partition coefficient (Wildman–Crippen LogP) is 2.64. The summed E-state index contributed by atoms with van der Waals surface area (Å²) in [5, 5.41) is 8.17. The van der Waals surface area contributed by atoms with Crippen LogP contribution in [0, 0.1) is 11.3 Å². The van der Waals surface area contributed by atoms with E-state index in [1.54, 1.807) is 6.08 Å². The number of hydrogen-bond donors (Lipinski definition) is 0. The molecule has 18 heavy (non-hydrogen) atoms. The minimum atomic E-state index is -0.316. The highest BCUT2D eigenvalue weighted by atomic mass is 32.2. The Kier molecular flexibility index (Phi) is 3.80. The number of thioether (sulfide) groups is 1. The van der Waals surface area contributed by atoms with Gasteiger partial charge in [-0.05, 0) is 23.4 Å². The highest BCUT2D eigenvalue weighted by Gasteiger charge is 2.34. The van der Waals surface area contributed by atoms with Gasteiger partial charge in [-0.2, -0.15) is 5.26 Å². The number of imide groups is 1. The third kappa shape index (κ3) is 2.60. The van der Waals surface area contributed by atoms with Gasteiger partial charge in [-0.1, -0.05) is 30.3 Å². The molecule has 0 atom stereocenters. The van der Waals surface area contributed by atoms with Crippen molar-refractivity contribution < 1.29 is 9.59 Å². The summed E-state index contributed by atoms with van der Waals surface area (Å²) in [7, 11) is 0. The van der Waals surface area contributed by atoms with Gasteiger partial charge in [0.25, 0.3) is 11.1 Å². The SMILES string of the molecule is N#CCCN1C(=O)S/C(=C/c2ccccc2)C1=O. The van der Waals surface area contributed by atoms with Gasteiger partial charge >= 0.3 is 0 Å². The Balaban J connectivity index is 2.18. The molecule has 0 unspecified atom stereocenters. The number of carbonyl (C=O) groups excluding carboxylic acids is 2. The van der Waals surface area contributed by atoms with Gasteiger partial charge in [0.15, 0.2) is 0 Å². The zero-order chi connectivity index (χ0) is 13.0. The highest BCUT2D eigenvalue weighted by molar-refractivity contribution is 8.18. The van der Waals surface area contributed by atoms with E-state index in [-0.39, 0.29) is 24.1 Å². The second-order valence-electron chi connectivity index (χ2n) is 3.65. The summed E-state index contributed by atoms with van der Waals surface area (Å²) in [4.78, 5) is 25.1. The fraction of sp³-hybridized carbons (Fsp3) is 0.154. The van der Waals surface area contributed by atoms with E-state index in [9.17, 15) is 9.59 Å². The Labute approximate surface area is 109 Å². The van der Waals surface area contributed by atoms with Gasteiger partial charge in [0.2, 0.25) is 0 Å². The summed E-state index contributed by atoms with van der Waals surface area (Å²) in [6, 6.07) is 11.3. The Morgan fingerprint density at radius 3 is 2.67 bits per heavy atom. The Hall–Kier alpha value is -2.06. The van der Waals surface area contributed by atoms with Crippen molar-refractivity contribution in [3.63, 3.8) is 0 Å². The standard InChI is InChI=1S/C13H10N2O2S/c14-7-4-8-15-12(16)11(18-13(15)17)9-10-5-2-1-3-6-10/h1-3,5-6,9H,4,8H2/b11-9+. The lowest BCUT2D eigenvalue weighted by Gasteiger charge is -2.08. The summed E-state index contributed by atoms with van der Waals surface area (Å²) in [5.41, 5.74) is 0.878. The van der Waals surface area contributed by atoms with Crippen LogP contribution in [0.5, 0.6) is 0 Å². The predicted molar refractivity (Wildman–Crippen MR) is 69.3 cm³/mol. The van der Waals surface area contributed by atoms with Crippen molar-refractivity contribution in [3.8, 4) is 6.07 Å². The molecule has 0 saturated carbocycles. The lowest BCUT2D eigenvalue weighted by atomic mass is 10.2. The molecule has 1 aliphatic heterocycles. The third-order valence-electron chi connectivity index (χ3n) is 2.42. The van der Waals surface area contributed by atoms with Gasteiger partial charge in [-0.3, -0.25) is 14.5 Å². The molecule has 1 aliphatic rings. The van der Waals surface area contributed by atoms with Gasteiger partial charge in [0, 0.05) is 6.54 Å². The summed E-state index contributed by atoms with van der Waals surface area (Å²) in [6.45, 7) is 0.160. The Bertz CT molecular complexity index is 546. The largest absolute Gasteiger partial charge is 0.293 e.